The number of nitrogens with two attached hydrogens (primary N) is 1. The number of hydrogen-bond donors (Lipinski definition) is 2. The minimum atomic E-state index is -0.0572. The zero-order chi connectivity index (χ0) is 12.0. The number of carbonyl (C=O) groups is 1. The van der Waals surface area contributed by atoms with E-state index in [2.05, 4.69) is 5.32 Å². The second-order valence-electron chi connectivity index (χ2n) is 3.58. The van der Waals surface area contributed by atoms with Crippen LogP contribution in [-0.2, 0) is 4.79 Å². The molecule has 0 saturated heterocycles. The Labute approximate surface area is 100 Å². The Kier molecular flexibility index (Phi) is 5.25. The molecular formula is C11H16ClN3O. The predicted molar refractivity (Wildman–Crippen MR) is 66.6 cm³/mol. The summed E-state index contributed by atoms with van der Waals surface area (Å²) < 4.78 is 0. The van der Waals surface area contributed by atoms with Crippen LogP contribution in [0.2, 0.25) is 5.02 Å². The number of amides is 1. The number of carbonyl (C=O) groups excluding carboxylic acids is 1. The number of rotatable bonds is 5. The molecule has 0 bridgehead atoms. The van der Waals surface area contributed by atoms with Crippen LogP contribution >= 0.6 is 11.6 Å². The minimum absolute atomic E-state index is 0.0572. The van der Waals surface area contributed by atoms with Crippen LogP contribution in [0.4, 0.5) is 5.69 Å². The van der Waals surface area contributed by atoms with Crippen molar-refractivity contribution < 1.29 is 4.79 Å². The maximum Gasteiger partial charge on any atom is 0.238 e. The molecule has 0 spiro atoms. The second-order valence-corrected chi connectivity index (χ2v) is 4.02. The largest absolute Gasteiger partial charge is 0.329 e. The molecule has 0 radical (unpaired) electrons. The summed E-state index contributed by atoms with van der Waals surface area (Å²) in [4.78, 5) is 13.4. The molecule has 1 aromatic carbocycles. The monoisotopic (exact) mass is 241 g/mol. The first-order valence-electron chi connectivity index (χ1n) is 5.06. The van der Waals surface area contributed by atoms with Gasteiger partial charge in [0.2, 0.25) is 5.91 Å². The first-order valence-corrected chi connectivity index (χ1v) is 5.43. The van der Waals surface area contributed by atoms with Crippen molar-refractivity contribution in [2.45, 2.75) is 0 Å². The Morgan fingerprint density at radius 3 is 2.62 bits per heavy atom. The number of anilines is 1. The van der Waals surface area contributed by atoms with Gasteiger partial charge in [-0.25, -0.2) is 0 Å². The quantitative estimate of drug-likeness (QED) is 0.814. The molecule has 0 saturated carbocycles. The van der Waals surface area contributed by atoms with Crippen LogP contribution in [0, 0.1) is 0 Å². The molecule has 88 valence electrons. The van der Waals surface area contributed by atoms with Crippen LogP contribution in [0.3, 0.4) is 0 Å². The normalized spacial score (nSPS) is 10.5. The third-order valence-electron chi connectivity index (χ3n) is 2.05. The van der Waals surface area contributed by atoms with Gasteiger partial charge in [-0.2, -0.15) is 0 Å². The van der Waals surface area contributed by atoms with Gasteiger partial charge in [0.1, 0.15) is 0 Å². The highest BCUT2D eigenvalue weighted by Crippen LogP contribution is 2.13. The lowest BCUT2D eigenvalue weighted by Gasteiger charge is -2.14. The zero-order valence-corrected chi connectivity index (χ0v) is 10.00. The van der Waals surface area contributed by atoms with Gasteiger partial charge in [-0.05, 0) is 31.3 Å². The van der Waals surface area contributed by atoms with Crippen LogP contribution in [-0.4, -0.2) is 37.5 Å². The Bertz CT molecular complexity index is 340. The smallest absolute Gasteiger partial charge is 0.238 e. The summed E-state index contributed by atoms with van der Waals surface area (Å²) in [7, 11) is 1.86. The fraction of sp³-hybridized carbons (Fsp3) is 0.364. The van der Waals surface area contributed by atoms with Gasteiger partial charge in [0.25, 0.3) is 0 Å². The van der Waals surface area contributed by atoms with Gasteiger partial charge >= 0.3 is 0 Å². The van der Waals surface area contributed by atoms with Crippen molar-refractivity contribution in [3.63, 3.8) is 0 Å². The minimum Gasteiger partial charge on any atom is -0.329 e. The number of nitrogens with one attached hydrogen (secondary N) is 1. The molecule has 4 nitrogen and oxygen atoms in total. The molecule has 0 unspecified atom stereocenters. The van der Waals surface area contributed by atoms with E-state index >= 15 is 0 Å². The molecule has 0 heterocycles. The summed E-state index contributed by atoms with van der Waals surface area (Å²) in [5.41, 5.74) is 6.13. The van der Waals surface area contributed by atoms with Crippen LogP contribution in [0.5, 0.6) is 0 Å². The molecule has 5 heteroatoms. The van der Waals surface area contributed by atoms with Crippen molar-refractivity contribution in [1.82, 2.24) is 4.90 Å². The molecule has 0 aliphatic carbocycles. The molecule has 1 rings (SSSR count). The second kappa shape index (κ2) is 6.48. The summed E-state index contributed by atoms with van der Waals surface area (Å²) in [6.45, 7) is 1.58. The lowest BCUT2D eigenvalue weighted by molar-refractivity contribution is -0.117. The molecule has 0 atom stereocenters. The summed E-state index contributed by atoms with van der Waals surface area (Å²) >= 11 is 5.74. The Balaban J connectivity index is 2.42. The first kappa shape index (κ1) is 13.0. The van der Waals surface area contributed by atoms with Gasteiger partial charge < -0.3 is 11.1 Å². The van der Waals surface area contributed by atoms with Gasteiger partial charge in [0.15, 0.2) is 0 Å². The Morgan fingerprint density at radius 2 is 2.06 bits per heavy atom. The Morgan fingerprint density at radius 1 is 1.44 bits per heavy atom. The molecule has 1 aromatic rings. The van der Waals surface area contributed by atoms with E-state index in [0.29, 0.717) is 24.7 Å². The standard InChI is InChI=1S/C11H16ClN3O/c1-15(7-6-13)8-11(16)14-10-4-2-9(12)3-5-10/h2-5H,6-8,13H2,1H3,(H,14,16). The van der Waals surface area contributed by atoms with Crippen molar-refractivity contribution in [2.75, 3.05) is 32.0 Å². The highest BCUT2D eigenvalue weighted by atomic mass is 35.5. The maximum atomic E-state index is 11.6. The number of hydrogen-bond acceptors (Lipinski definition) is 3. The lowest BCUT2D eigenvalue weighted by atomic mass is 10.3. The highest BCUT2D eigenvalue weighted by Gasteiger charge is 2.05. The highest BCUT2D eigenvalue weighted by molar-refractivity contribution is 6.30. The molecule has 0 aromatic heterocycles. The topological polar surface area (TPSA) is 58.4 Å². The van der Waals surface area contributed by atoms with E-state index in [1.54, 1.807) is 24.3 Å². The first-order chi connectivity index (χ1) is 7.61. The van der Waals surface area contributed by atoms with Crippen molar-refractivity contribution >= 4 is 23.2 Å². The van der Waals surface area contributed by atoms with Crippen LogP contribution in [0.15, 0.2) is 24.3 Å². The van der Waals surface area contributed by atoms with Gasteiger partial charge in [-0.15, -0.1) is 0 Å². The van der Waals surface area contributed by atoms with E-state index in [-0.39, 0.29) is 5.91 Å². The van der Waals surface area contributed by atoms with E-state index in [1.807, 2.05) is 11.9 Å². The number of halogens is 1. The SMILES string of the molecule is CN(CCN)CC(=O)Nc1ccc(Cl)cc1. The van der Waals surface area contributed by atoms with Gasteiger partial charge in [-0.3, -0.25) is 9.69 Å². The average molecular weight is 242 g/mol. The van der Waals surface area contributed by atoms with Crippen molar-refractivity contribution in [1.29, 1.82) is 0 Å². The van der Waals surface area contributed by atoms with Gasteiger partial charge in [-0.1, -0.05) is 11.6 Å². The van der Waals surface area contributed by atoms with Crippen molar-refractivity contribution in [3.8, 4) is 0 Å². The summed E-state index contributed by atoms with van der Waals surface area (Å²) in [5.74, 6) is -0.0572. The predicted octanol–water partition coefficient (Wildman–Crippen LogP) is 1.17. The fourth-order valence-electron chi connectivity index (χ4n) is 1.28. The summed E-state index contributed by atoms with van der Waals surface area (Å²) in [5, 5.41) is 3.43. The number of benzene rings is 1. The van der Waals surface area contributed by atoms with E-state index < -0.39 is 0 Å². The van der Waals surface area contributed by atoms with E-state index in [1.165, 1.54) is 0 Å². The molecule has 0 aliphatic rings. The summed E-state index contributed by atoms with van der Waals surface area (Å²) in [6.07, 6.45) is 0. The fourth-order valence-corrected chi connectivity index (χ4v) is 1.40. The van der Waals surface area contributed by atoms with Gasteiger partial charge in [0, 0.05) is 23.8 Å². The average Bonchev–Trinajstić information content (AvgIpc) is 2.21. The number of likely N-dealkylation sites (N-methyl/N-ethyl adjacent to an activating group) is 1. The molecule has 0 fully saturated rings. The van der Waals surface area contributed by atoms with Crippen molar-refractivity contribution in [2.24, 2.45) is 5.73 Å². The van der Waals surface area contributed by atoms with Crippen molar-refractivity contribution in [3.05, 3.63) is 29.3 Å². The van der Waals surface area contributed by atoms with E-state index in [9.17, 15) is 4.79 Å². The van der Waals surface area contributed by atoms with Gasteiger partial charge in [0.05, 0.1) is 6.54 Å². The summed E-state index contributed by atoms with van der Waals surface area (Å²) in [6, 6.07) is 7.01. The van der Waals surface area contributed by atoms with Crippen LogP contribution < -0.4 is 11.1 Å². The third-order valence-corrected chi connectivity index (χ3v) is 2.30. The van der Waals surface area contributed by atoms with Crippen LogP contribution in [0.1, 0.15) is 0 Å². The van der Waals surface area contributed by atoms with E-state index in [4.69, 9.17) is 17.3 Å². The molecule has 3 N–H and O–H groups in total. The molecular weight excluding hydrogens is 226 g/mol. The number of nitrogens with zero attached hydrogens (tertiary/aromatic N) is 1. The molecule has 16 heavy (non-hydrogen) atoms. The third kappa shape index (κ3) is 4.61. The maximum absolute atomic E-state index is 11.6. The Hall–Kier alpha value is -1.10. The zero-order valence-electron chi connectivity index (χ0n) is 9.24. The van der Waals surface area contributed by atoms with E-state index in [0.717, 1.165) is 5.69 Å². The molecule has 1 amide bonds. The molecule has 0 aliphatic heterocycles. The van der Waals surface area contributed by atoms with Crippen LogP contribution in [0.25, 0.3) is 0 Å². The lowest BCUT2D eigenvalue weighted by Crippen LogP contribution is -2.33.